The van der Waals surface area contributed by atoms with E-state index in [1.54, 1.807) is 13.8 Å². The predicted molar refractivity (Wildman–Crippen MR) is 29.7 cm³/mol. The zero-order valence-corrected chi connectivity index (χ0v) is 4.73. The highest BCUT2D eigenvalue weighted by Crippen LogP contribution is 1.83. The molecule has 0 amide bonds. The van der Waals surface area contributed by atoms with Crippen LogP contribution >= 0.6 is 0 Å². The maximum absolute atomic E-state index is 8.58. The third-order valence-electron chi connectivity index (χ3n) is 0.574. The Morgan fingerprint density at radius 1 is 1.71 bits per heavy atom. The Morgan fingerprint density at radius 2 is 2.29 bits per heavy atom. The lowest BCUT2D eigenvalue weighted by atomic mass is 10.3. The van der Waals surface area contributed by atoms with E-state index in [9.17, 15) is 0 Å². The number of aliphatic hydroxyl groups is 1. The van der Waals surface area contributed by atoms with Crippen LogP contribution in [0, 0.1) is 11.8 Å². The summed E-state index contributed by atoms with van der Waals surface area (Å²) in [6, 6.07) is 0. The minimum Gasteiger partial charge on any atom is -0.392 e. The molecular formula is C6H10O. The molecular weight excluding hydrogens is 88.1 g/mol. The molecule has 1 heteroatoms. The normalized spacial score (nSPS) is 11.9. The fraction of sp³-hybridized carbons (Fsp3) is 0.667. The van der Waals surface area contributed by atoms with E-state index in [1.165, 1.54) is 0 Å². The molecule has 0 heterocycles. The van der Waals surface area contributed by atoms with Crippen LogP contribution in [0.1, 0.15) is 20.3 Å². The Morgan fingerprint density at radius 3 is 2.43 bits per heavy atom. The monoisotopic (exact) mass is 98.1 g/mol. The van der Waals surface area contributed by atoms with Gasteiger partial charge in [-0.15, -0.1) is 11.8 Å². The number of hydrogen-bond donors (Lipinski definition) is 1. The summed E-state index contributed by atoms with van der Waals surface area (Å²) in [6.45, 7) is 3.49. The fourth-order valence-corrected chi connectivity index (χ4v) is 0.250. The molecule has 0 aliphatic rings. The minimum atomic E-state index is -0.271. The van der Waals surface area contributed by atoms with Gasteiger partial charge in [0.25, 0.3) is 0 Å². The average molecular weight is 98.1 g/mol. The number of hydrogen-bond acceptors (Lipinski definition) is 1. The van der Waals surface area contributed by atoms with Gasteiger partial charge in [0.05, 0.1) is 6.10 Å². The van der Waals surface area contributed by atoms with E-state index in [1.807, 2.05) is 0 Å². The van der Waals surface area contributed by atoms with Gasteiger partial charge >= 0.3 is 0 Å². The second-order valence-electron chi connectivity index (χ2n) is 1.48. The van der Waals surface area contributed by atoms with Gasteiger partial charge in [-0.1, -0.05) is 0 Å². The van der Waals surface area contributed by atoms with Crippen molar-refractivity contribution >= 4 is 0 Å². The van der Waals surface area contributed by atoms with Crippen molar-refractivity contribution in [3.8, 4) is 11.8 Å². The third-order valence-corrected chi connectivity index (χ3v) is 0.574. The Hall–Kier alpha value is -0.480. The van der Waals surface area contributed by atoms with Crippen LogP contribution in [0.2, 0.25) is 0 Å². The zero-order valence-electron chi connectivity index (χ0n) is 4.73. The van der Waals surface area contributed by atoms with Crippen LogP contribution in [0.3, 0.4) is 0 Å². The van der Waals surface area contributed by atoms with Gasteiger partial charge in [0.2, 0.25) is 0 Å². The summed E-state index contributed by atoms with van der Waals surface area (Å²) >= 11 is 0. The van der Waals surface area contributed by atoms with Gasteiger partial charge in [-0.3, -0.25) is 0 Å². The molecule has 1 atom stereocenters. The SMILES string of the molecule is CC#CC[C@@H](C)O. The van der Waals surface area contributed by atoms with Crippen molar-refractivity contribution in [2.24, 2.45) is 0 Å². The first-order valence-electron chi connectivity index (χ1n) is 2.35. The van der Waals surface area contributed by atoms with Crippen LogP contribution in [0.25, 0.3) is 0 Å². The first-order valence-corrected chi connectivity index (χ1v) is 2.35. The van der Waals surface area contributed by atoms with E-state index in [-0.39, 0.29) is 6.10 Å². The van der Waals surface area contributed by atoms with Gasteiger partial charge in [0.1, 0.15) is 0 Å². The summed E-state index contributed by atoms with van der Waals surface area (Å²) in [6.07, 6.45) is 0.323. The first-order chi connectivity index (χ1) is 3.27. The summed E-state index contributed by atoms with van der Waals surface area (Å²) < 4.78 is 0. The first kappa shape index (κ1) is 6.52. The summed E-state index contributed by atoms with van der Waals surface area (Å²) in [5.41, 5.74) is 0. The lowest BCUT2D eigenvalue weighted by Crippen LogP contribution is -1.95. The van der Waals surface area contributed by atoms with Crippen molar-refractivity contribution in [2.45, 2.75) is 26.4 Å². The topological polar surface area (TPSA) is 20.2 Å². The molecule has 0 radical (unpaired) electrons. The molecule has 1 N–H and O–H groups in total. The van der Waals surface area contributed by atoms with E-state index < -0.39 is 0 Å². The second-order valence-corrected chi connectivity index (χ2v) is 1.48. The Labute approximate surface area is 44.4 Å². The molecule has 7 heavy (non-hydrogen) atoms. The molecule has 0 aromatic carbocycles. The molecule has 0 rings (SSSR count). The molecule has 0 saturated carbocycles. The maximum Gasteiger partial charge on any atom is 0.0621 e. The quantitative estimate of drug-likeness (QED) is 0.480. The minimum absolute atomic E-state index is 0.271. The average Bonchev–Trinajstić information content (AvgIpc) is 1.61. The van der Waals surface area contributed by atoms with Gasteiger partial charge < -0.3 is 5.11 Å². The molecule has 0 aromatic heterocycles. The number of rotatable bonds is 1. The predicted octanol–water partition coefficient (Wildman–Crippen LogP) is 0.781. The summed E-state index contributed by atoms with van der Waals surface area (Å²) in [7, 11) is 0. The number of aliphatic hydroxyl groups excluding tert-OH is 1. The van der Waals surface area contributed by atoms with Crippen LogP contribution in [0.4, 0.5) is 0 Å². The van der Waals surface area contributed by atoms with Gasteiger partial charge in [0, 0.05) is 6.42 Å². The van der Waals surface area contributed by atoms with E-state index in [0.29, 0.717) is 6.42 Å². The van der Waals surface area contributed by atoms with Gasteiger partial charge in [0.15, 0.2) is 0 Å². The van der Waals surface area contributed by atoms with Crippen LogP contribution in [-0.4, -0.2) is 11.2 Å². The van der Waals surface area contributed by atoms with Gasteiger partial charge in [-0.2, -0.15) is 0 Å². The van der Waals surface area contributed by atoms with Gasteiger partial charge in [-0.25, -0.2) is 0 Å². The van der Waals surface area contributed by atoms with Crippen molar-refractivity contribution < 1.29 is 5.11 Å². The maximum atomic E-state index is 8.58. The van der Waals surface area contributed by atoms with Crippen molar-refractivity contribution in [3.05, 3.63) is 0 Å². The Bertz CT molecular complexity index is 84.1. The summed E-state index contributed by atoms with van der Waals surface area (Å²) in [5, 5.41) is 8.58. The Kier molecular flexibility index (Phi) is 3.45. The van der Waals surface area contributed by atoms with E-state index in [0.717, 1.165) is 0 Å². The van der Waals surface area contributed by atoms with Crippen molar-refractivity contribution in [2.75, 3.05) is 0 Å². The summed E-state index contributed by atoms with van der Waals surface area (Å²) in [5.74, 6) is 5.44. The standard InChI is InChI=1S/C6H10O/c1-3-4-5-6(2)7/h6-7H,5H2,1-2H3/t6-/m1/s1. The van der Waals surface area contributed by atoms with Crippen LogP contribution in [-0.2, 0) is 0 Å². The molecule has 40 valence electrons. The lowest BCUT2D eigenvalue weighted by Gasteiger charge is -1.91. The van der Waals surface area contributed by atoms with Crippen molar-refractivity contribution in [3.63, 3.8) is 0 Å². The lowest BCUT2D eigenvalue weighted by molar-refractivity contribution is 0.201. The third kappa shape index (κ3) is 5.52. The van der Waals surface area contributed by atoms with Crippen LogP contribution in [0.5, 0.6) is 0 Å². The smallest absolute Gasteiger partial charge is 0.0621 e. The second kappa shape index (κ2) is 3.70. The molecule has 0 bridgehead atoms. The van der Waals surface area contributed by atoms with E-state index in [4.69, 9.17) is 5.11 Å². The highest BCUT2D eigenvalue weighted by atomic mass is 16.3. The summed E-state index contributed by atoms with van der Waals surface area (Å²) in [4.78, 5) is 0. The molecule has 0 fully saturated rings. The van der Waals surface area contributed by atoms with Crippen LogP contribution in [0.15, 0.2) is 0 Å². The van der Waals surface area contributed by atoms with Crippen molar-refractivity contribution in [1.29, 1.82) is 0 Å². The molecule has 0 aliphatic carbocycles. The molecule has 0 spiro atoms. The fourth-order valence-electron chi connectivity index (χ4n) is 0.250. The molecule has 0 aromatic rings. The van der Waals surface area contributed by atoms with E-state index >= 15 is 0 Å². The molecule has 0 unspecified atom stereocenters. The molecule has 0 saturated heterocycles. The largest absolute Gasteiger partial charge is 0.392 e. The highest BCUT2D eigenvalue weighted by Gasteiger charge is 1.85. The molecule has 0 aliphatic heterocycles. The zero-order chi connectivity index (χ0) is 5.70. The van der Waals surface area contributed by atoms with Gasteiger partial charge in [-0.05, 0) is 13.8 Å². The Balaban J connectivity index is 3.08. The highest BCUT2D eigenvalue weighted by molar-refractivity contribution is 4.95. The molecule has 1 nitrogen and oxygen atoms in total. The van der Waals surface area contributed by atoms with Crippen molar-refractivity contribution in [1.82, 2.24) is 0 Å². The van der Waals surface area contributed by atoms with Crippen LogP contribution < -0.4 is 0 Å². The van der Waals surface area contributed by atoms with E-state index in [2.05, 4.69) is 11.8 Å².